The summed E-state index contributed by atoms with van der Waals surface area (Å²) in [7, 11) is 0. The molecule has 0 bridgehead atoms. The molecule has 3 heteroatoms. The number of anilines is 3. The zero-order valence-electron chi connectivity index (χ0n) is 38.1. The second-order valence-electron chi connectivity index (χ2n) is 19.5. The van der Waals surface area contributed by atoms with Crippen molar-refractivity contribution < 1.29 is 4.74 Å². The molecule has 0 amide bonds. The van der Waals surface area contributed by atoms with Crippen LogP contribution in [0.25, 0.3) is 75.1 Å². The van der Waals surface area contributed by atoms with Crippen LogP contribution in [-0.2, 0) is 10.8 Å². The van der Waals surface area contributed by atoms with Gasteiger partial charge in [0.2, 0.25) is 0 Å². The summed E-state index contributed by atoms with van der Waals surface area (Å²) in [6.07, 6.45) is 0. The largest absolute Gasteiger partial charge is 0.455 e. The summed E-state index contributed by atoms with van der Waals surface area (Å²) in [6.45, 7) is 4.74. The Balaban J connectivity index is 0.950. The number of hydrogen-bond acceptors (Lipinski definition) is 3. The van der Waals surface area contributed by atoms with Gasteiger partial charge in [0.25, 0.3) is 0 Å². The normalized spacial score (nSPS) is 14.3. The highest BCUT2D eigenvalue weighted by atomic mass is 32.1. The maximum Gasteiger partial charge on any atom is 0.140 e. The lowest BCUT2D eigenvalue weighted by molar-refractivity contribution is 0.447. The Morgan fingerprint density at radius 1 is 0.348 bits per heavy atom. The lowest BCUT2D eigenvalue weighted by Gasteiger charge is -2.40. The Bertz CT molecular complexity index is 4090. The van der Waals surface area contributed by atoms with Crippen LogP contribution in [0.15, 0.2) is 224 Å². The maximum absolute atomic E-state index is 7.26. The second kappa shape index (κ2) is 14.1. The van der Waals surface area contributed by atoms with Crippen molar-refractivity contribution in [2.24, 2.45) is 0 Å². The van der Waals surface area contributed by atoms with E-state index in [1.54, 1.807) is 0 Å². The molecule has 69 heavy (non-hydrogen) atoms. The van der Waals surface area contributed by atoms with Gasteiger partial charge < -0.3 is 9.64 Å². The van der Waals surface area contributed by atoms with Gasteiger partial charge >= 0.3 is 0 Å². The van der Waals surface area contributed by atoms with E-state index in [-0.39, 0.29) is 5.41 Å². The van der Waals surface area contributed by atoms with Crippen LogP contribution in [0.2, 0.25) is 0 Å². The molecule has 0 radical (unpaired) electrons. The van der Waals surface area contributed by atoms with E-state index in [1.807, 2.05) is 11.3 Å². The van der Waals surface area contributed by atoms with Crippen LogP contribution < -0.4 is 9.64 Å². The molecule has 0 unspecified atom stereocenters. The highest BCUT2D eigenvalue weighted by Gasteiger charge is 2.52. The molecule has 0 fully saturated rings. The van der Waals surface area contributed by atoms with Gasteiger partial charge in [0.1, 0.15) is 11.5 Å². The van der Waals surface area contributed by atoms with Gasteiger partial charge in [-0.15, -0.1) is 11.3 Å². The number of hydrogen-bond donors (Lipinski definition) is 0. The van der Waals surface area contributed by atoms with E-state index in [9.17, 15) is 0 Å². The molecule has 15 rings (SSSR count). The van der Waals surface area contributed by atoms with E-state index in [0.717, 1.165) is 44.9 Å². The van der Waals surface area contributed by atoms with Crippen LogP contribution in [0.1, 0.15) is 47.2 Å². The van der Waals surface area contributed by atoms with Crippen molar-refractivity contribution in [2.75, 3.05) is 4.90 Å². The molecule has 0 saturated heterocycles. The van der Waals surface area contributed by atoms with Crippen LogP contribution in [-0.4, -0.2) is 0 Å². The van der Waals surface area contributed by atoms with Crippen molar-refractivity contribution in [2.45, 2.75) is 24.7 Å². The first kappa shape index (κ1) is 38.8. The van der Waals surface area contributed by atoms with E-state index in [2.05, 4.69) is 243 Å². The molecule has 0 saturated carbocycles. The van der Waals surface area contributed by atoms with Crippen LogP contribution >= 0.6 is 11.3 Å². The molecular weight excluding hydrogens is 855 g/mol. The van der Waals surface area contributed by atoms with Gasteiger partial charge in [0.15, 0.2) is 0 Å². The van der Waals surface area contributed by atoms with Crippen LogP contribution in [0.4, 0.5) is 17.1 Å². The van der Waals surface area contributed by atoms with Gasteiger partial charge in [-0.25, -0.2) is 0 Å². The molecule has 1 spiro atoms. The average Bonchev–Trinajstić information content (AvgIpc) is 3.99. The van der Waals surface area contributed by atoms with Crippen LogP contribution in [0.3, 0.4) is 0 Å². The summed E-state index contributed by atoms with van der Waals surface area (Å²) >= 11 is 1.86. The monoisotopic (exact) mass is 897 g/mol. The molecule has 0 atom stereocenters. The van der Waals surface area contributed by atoms with Crippen molar-refractivity contribution in [1.82, 2.24) is 0 Å². The van der Waals surface area contributed by atoms with Crippen molar-refractivity contribution >= 4 is 70.1 Å². The Morgan fingerprint density at radius 2 is 0.899 bits per heavy atom. The fourth-order valence-electron chi connectivity index (χ4n) is 12.5. The van der Waals surface area contributed by atoms with Crippen LogP contribution in [0.5, 0.6) is 11.5 Å². The summed E-state index contributed by atoms with van der Waals surface area (Å²) in [5.41, 5.74) is 17.7. The van der Waals surface area contributed by atoms with Crippen LogP contribution in [0, 0.1) is 0 Å². The fraction of sp³-hybridized carbons (Fsp3) is 0.0606. The van der Waals surface area contributed by atoms with Gasteiger partial charge in [-0.1, -0.05) is 184 Å². The maximum atomic E-state index is 7.26. The van der Waals surface area contributed by atoms with Crippen molar-refractivity contribution in [3.8, 4) is 44.9 Å². The Labute approximate surface area is 405 Å². The predicted octanol–water partition coefficient (Wildman–Crippen LogP) is 18.3. The van der Waals surface area contributed by atoms with Gasteiger partial charge in [0, 0.05) is 64.5 Å². The zero-order chi connectivity index (χ0) is 45.6. The topological polar surface area (TPSA) is 12.5 Å². The number of rotatable bonds is 4. The van der Waals surface area contributed by atoms with Crippen molar-refractivity contribution in [3.05, 3.63) is 258 Å². The molecule has 0 N–H and O–H groups in total. The minimum Gasteiger partial charge on any atom is -0.455 e. The molecule has 2 aliphatic carbocycles. The van der Waals surface area contributed by atoms with Crippen molar-refractivity contribution in [3.63, 3.8) is 0 Å². The van der Waals surface area contributed by atoms with E-state index in [1.165, 1.54) is 92.1 Å². The predicted molar refractivity (Wildman–Crippen MR) is 289 cm³/mol. The lowest BCUT2D eigenvalue weighted by atomic mass is 9.65. The number of ether oxygens (including phenoxy) is 1. The number of benzene rings is 11. The highest BCUT2D eigenvalue weighted by Crippen LogP contribution is 2.64. The van der Waals surface area contributed by atoms with Gasteiger partial charge in [-0.3, -0.25) is 0 Å². The Kier molecular flexibility index (Phi) is 7.96. The molecular formula is C66H43NOS. The smallest absolute Gasteiger partial charge is 0.140 e. The Hall–Kier alpha value is -8.24. The third-order valence-corrected chi connectivity index (χ3v) is 16.8. The average molecular weight is 898 g/mol. The van der Waals surface area contributed by atoms with E-state index in [0.29, 0.717) is 0 Å². The first-order chi connectivity index (χ1) is 33.9. The SMILES string of the molecule is CC1(C)c2ccccc2-c2ccc(N(c3cccc(-c4ccc5c(c4)C4(c6ccccc6-5)c5ccc6ccccc6c5Oc5c4ccc4ccccc54)c3)c3ccc4sc5ccccc5c4c3)cc21. The lowest BCUT2D eigenvalue weighted by Crippen LogP contribution is -2.32. The summed E-state index contributed by atoms with van der Waals surface area (Å²) < 4.78 is 9.87. The third-order valence-electron chi connectivity index (χ3n) is 15.7. The standard InChI is InChI=1S/C66H43NOS/c1-65(2)55-23-10-7-20-49(55)51-32-29-46(39-59(51)65)67(45-30-35-62-54(38-45)53-22-9-12-25-61(53)69-62)44-17-13-16-42(36-44)43-26-31-52-50-21-8-11-24-56(50)66(60(52)37-43)57-33-27-40-14-3-5-18-47(40)63(57)68-64-48-19-6-4-15-41(48)28-34-58(64)66/h3-39H,1-2H3. The van der Waals surface area contributed by atoms with E-state index >= 15 is 0 Å². The minimum atomic E-state index is -0.629. The Morgan fingerprint density at radius 3 is 1.67 bits per heavy atom. The molecule has 324 valence electrons. The molecule has 11 aromatic carbocycles. The second-order valence-corrected chi connectivity index (χ2v) is 20.6. The molecule has 2 nitrogen and oxygen atoms in total. The summed E-state index contributed by atoms with van der Waals surface area (Å²) in [5.74, 6) is 1.86. The zero-order valence-corrected chi connectivity index (χ0v) is 38.9. The molecule has 1 aliphatic heterocycles. The third kappa shape index (κ3) is 5.31. The quantitative estimate of drug-likeness (QED) is 0.175. The fourth-order valence-corrected chi connectivity index (χ4v) is 13.6. The molecule has 12 aromatic rings. The number of thiophene rings is 1. The van der Waals surface area contributed by atoms with Gasteiger partial charge in [-0.2, -0.15) is 0 Å². The summed E-state index contributed by atoms with van der Waals surface area (Å²) in [6, 6.07) is 83.8. The van der Waals surface area contributed by atoms with E-state index < -0.39 is 5.41 Å². The summed E-state index contributed by atoms with van der Waals surface area (Å²) in [4.78, 5) is 2.47. The molecule has 2 heterocycles. The minimum absolute atomic E-state index is 0.138. The molecule has 3 aliphatic rings. The molecule has 1 aromatic heterocycles. The first-order valence-electron chi connectivity index (χ1n) is 24.0. The van der Waals surface area contributed by atoms with E-state index in [4.69, 9.17) is 4.74 Å². The van der Waals surface area contributed by atoms with Crippen molar-refractivity contribution in [1.29, 1.82) is 0 Å². The highest BCUT2D eigenvalue weighted by molar-refractivity contribution is 7.25. The summed E-state index contributed by atoms with van der Waals surface area (Å²) in [5, 5.41) is 7.15. The number of fused-ring (bicyclic) bond motifs is 19. The van der Waals surface area contributed by atoms with Gasteiger partial charge in [-0.05, 0) is 121 Å². The van der Waals surface area contributed by atoms with Gasteiger partial charge in [0.05, 0.1) is 5.41 Å². The number of nitrogens with zero attached hydrogens (tertiary/aromatic N) is 1. The first-order valence-corrected chi connectivity index (χ1v) is 24.8.